The van der Waals surface area contributed by atoms with Crippen LogP contribution < -0.4 is 0 Å². The molecule has 17 heavy (non-hydrogen) atoms. The molecule has 1 heterocycles. The highest BCUT2D eigenvalue weighted by Gasteiger charge is 2.39. The summed E-state index contributed by atoms with van der Waals surface area (Å²) in [4.78, 5) is 4.50. The molecule has 0 aliphatic heterocycles. The highest BCUT2D eigenvalue weighted by molar-refractivity contribution is 5.09. The maximum absolute atomic E-state index is 10.1. The first-order valence-corrected chi connectivity index (χ1v) is 6.77. The fourth-order valence-electron chi connectivity index (χ4n) is 2.81. The van der Waals surface area contributed by atoms with E-state index in [1.165, 1.54) is 12.8 Å². The normalized spacial score (nSPS) is 37.8. The lowest BCUT2D eigenvalue weighted by Crippen LogP contribution is -2.17. The molecule has 1 aromatic rings. The topological polar surface area (TPSA) is 59.2 Å². The molecule has 2 aliphatic carbocycles. The first-order chi connectivity index (χ1) is 8.25. The summed E-state index contributed by atoms with van der Waals surface area (Å²) >= 11 is 0. The van der Waals surface area contributed by atoms with Crippen molar-refractivity contribution in [1.29, 1.82) is 0 Å². The summed E-state index contributed by atoms with van der Waals surface area (Å²) in [6.45, 7) is 2.21. The highest BCUT2D eigenvalue weighted by atomic mass is 16.5. The molecule has 94 valence electrons. The third-order valence-corrected chi connectivity index (χ3v) is 4.20. The molecule has 3 rings (SSSR count). The Hall–Kier alpha value is -0.900. The first kappa shape index (κ1) is 11.2. The van der Waals surface area contributed by atoms with Crippen LogP contribution in [-0.4, -0.2) is 21.4 Å². The Morgan fingerprint density at radius 2 is 1.94 bits per heavy atom. The van der Waals surface area contributed by atoms with E-state index in [1.54, 1.807) is 0 Å². The zero-order valence-electron chi connectivity index (χ0n) is 10.3. The Bertz CT molecular complexity index is 391. The minimum Gasteiger partial charge on any atom is -0.392 e. The summed E-state index contributed by atoms with van der Waals surface area (Å²) < 4.78 is 5.36. The highest BCUT2D eigenvalue weighted by Crippen LogP contribution is 2.46. The van der Waals surface area contributed by atoms with Crippen LogP contribution in [0.25, 0.3) is 0 Å². The summed E-state index contributed by atoms with van der Waals surface area (Å²) in [5, 5.41) is 14.2. The molecule has 1 N–H and O–H groups in total. The molecular formula is C13H20N2O2. The van der Waals surface area contributed by atoms with Crippen LogP contribution in [-0.2, 0) is 0 Å². The summed E-state index contributed by atoms with van der Waals surface area (Å²) in [5.41, 5.74) is 0. The molecule has 0 bridgehead atoms. The van der Waals surface area contributed by atoms with E-state index in [-0.39, 0.29) is 12.0 Å². The van der Waals surface area contributed by atoms with Gasteiger partial charge in [-0.2, -0.15) is 4.98 Å². The van der Waals surface area contributed by atoms with Crippen molar-refractivity contribution in [3.05, 3.63) is 11.7 Å². The van der Waals surface area contributed by atoms with Crippen LogP contribution in [0.4, 0.5) is 0 Å². The van der Waals surface area contributed by atoms with E-state index < -0.39 is 0 Å². The molecule has 2 aliphatic rings. The number of aliphatic hydroxyl groups excluding tert-OH is 1. The van der Waals surface area contributed by atoms with Crippen LogP contribution in [0.1, 0.15) is 69.0 Å². The SMILES string of the molecule is CC1CC1c1noc(C2CCCCCC2O)n1. The Morgan fingerprint density at radius 1 is 1.18 bits per heavy atom. The van der Waals surface area contributed by atoms with Crippen molar-refractivity contribution in [1.82, 2.24) is 10.1 Å². The van der Waals surface area contributed by atoms with Crippen molar-refractivity contribution in [2.24, 2.45) is 5.92 Å². The number of hydrogen-bond donors (Lipinski definition) is 1. The van der Waals surface area contributed by atoms with Gasteiger partial charge in [0, 0.05) is 5.92 Å². The van der Waals surface area contributed by atoms with Crippen LogP contribution in [0.3, 0.4) is 0 Å². The predicted octanol–water partition coefficient (Wildman–Crippen LogP) is 2.60. The van der Waals surface area contributed by atoms with Crippen molar-refractivity contribution < 1.29 is 9.63 Å². The molecule has 2 saturated carbocycles. The zero-order chi connectivity index (χ0) is 11.8. The second kappa shape index (κ2) is 4.41. The van der Waals surface area contributed by atoms with Crippen molar-refractivity contribution in [2.45, 2.75) is 63.4 Å². The number of aliphatic hydroxyl groups is 1. The monoisotopic (exact) mass is 236 g/mol. The van der Waals surface area contributed by atoms with Crippen LogP contribution in [0.2, 0.25) is 0 Å². The molecule has 4 atom stereocenters. The molecule has 0 aromatic carbocycles. The molecule has 4 unspecified atom stereocenters. The van der Waals surface area contributed by atoms with E-state index in [0.717, 1.165) is 31.5 Å². The number of aromatic nitrogens is 2. The molecule has 2 fully saturated rings. The predicted molar refractivity (Wildman–Crippen MR) is 62.7 cm³/mol. The smallest absolute Gasteiger partial charge is 0.232 e. The van der Waals surface area contributed by atoms with E-state index in [4.69, 9.17) is 4.52 Å². The van der Waals surface area contributed by atoms with Gasteiger partial charge in [0.15, 0.2) is 5.82 Å². The average molecular weight is 236 g/mol. The fourth-order valence-corrected chi connectivity index (χ4v) is 2.81. The maximum atomic E-state index is 10.1. The van der Waals surface area contributed by atoms with E-state index in [0.29, 0.717) is 17.7 Å². The van der Waals surface area contributed by atoms with E-state index in [2.05, 4.69) is 17.1 Å². The van der Waals surface area contributed by atoms with Crippen molar-refractivity contribution in [3.63, 3.8) is 0 Å². The maximum Gasteiger partial charge on any atom is 0.232 e. The number of hydrogen-bond acceptors (Lipinski definition) is 4. The van der Waals surface area contributed by atoms with Gasteiger partial charge in [-0.25, -0.2) is 0 Å². The quantitative estimate of drug-likeness (QED) is 0.802. The van der Waals surface area contributed by atoms with Crippen LogP contribution in [0, 0.1) is 5.92 Å². The van der Waals surface area contributed by atoms with E-state index >= 15 is 0 Å². The van der Waals surface area contributed by atoms with Crippen LogP contribution in [0.15, 0.2) is 4.52 Å². The van der Waals surface area contributed by atoms with Gasteiger partial charge < -0.3 is 9.63 Å². The lowest BCUT2D eigenvalue weighted by molar-refractivity contribution is 0.119. The molecule has 4 nitrogen and oxygen atoms in total. The molecule has 4 heteroatoms. The van der Waals surface area contributed by atoms with Gasteiger partial charge in [-0.15, -0.1) is 0 Å². The summed E-state index contributed by atoms with van der Waals surface area (Å²) in [6.07, 6.45) is 6.17. The number of nitrogens with zero attached hydrogens (tertiary/aromatic N) is 2. The molecule has 0 amide bonds. The van der Waals surface area contributed by atoms with Crippen molar-refractivity contribution in [3.8, 4) is 0 Å². The minimum atomic E-state index is -0.303. The Labute approximate surface area is 101 Å². The Kier molecular flexibility index (Phi) is 2.90. The van der Waals surface area contributed by atoms with Gasteiger partial charge in [-0.1, -0.05) is 31.3 Å². The van der Waals surface area contributed by atoms with E-state index in [1.807, 2.05) is 0 Å². The third-order valence-electron chi connectivity index (χ3n) is 4.20. The Morgan fingerprint density at radius 3 is 2.71 bits per heavy atom. The second-order valence-electron chi connectivity index (χ2n) is 5.62. The molecular weight excluding hydrogens is 216 g/mol. The summed E-state index contributed by atoms with van der Waals surface area (Å²) in [6, 6.07) is 0. The summed E-state index contributed by atoms with van der Waals surface area (Å²) in [5.74, 6) is 2.76. The van der Waals surface area contributed by atoms with Gasteiger partial charge in [-0.05, 0) is 25.2 Å². The molecule has 0 spiro atoms. The lowest BCUT2D eigenvalue weighted by atomic mass is 9.97. The fraction of sp³-hybridized carbons (Fsp3) is 0.846. The summed E-state index contributed by atoms with van der Waals surface area (Å²) in [7, 11) is 0. The van der Waals surface area contributed by atoms with Gasteiger partial charge in [-0.3, -0.25) is 0 Å². The largest absolute Gasteiger partial charge is 0.392 e. The third kappa shape index (κ3) is 2.23. The Balaban J connectivity index is 1.75. The zero-order valence-corrected chi connectivity index (χ0v) is 10.3. The van der Waals surface area contributed by atoms with Gasteiger partial charge in [0.1, 0.15) is 0 Å². The molecule has 0 radical (unpaired) electrons. The molecule has 1 aromatic heterocycles. The van der Waals surface area contributed by atoms with Gasteiger partial charge in [0.2, 0.25) is 5.89 Å². The standard InChI is InChI=1S/C13H20N2O2/c1-8-7-10(8)12-14-13(17-15-12)9-5-3-2-4-6-11(9)16/h8-11,16H,2-7H2,1H3. The number of rotatable bonds is 2. The van der Waals surface area contributed by atoms with Crippen LogP contribution in [0.5, 0.6) is 0 Å². The van der Waals surface area contributed by atoms with Crippen molar-refractivity contribution >= 4 is 0 Å². The second-order valence-corrected chi connectivity index (χ2v) is 5.62. The van der Waals surface area contributed by atoms with Gasteiger partial charge in [0.25, 0.3) is 0 Å². The van der Waals surface area contributed by atoms with Gasteiger partial charge in [0.05, 0.1) is 12.0 Å². The van der Waals surface area contributed by atoms with E-state index in [9.17, 15) is 5.11 Å². The lowest BCUT2D eigenvalue weighted by Gasteiger charge is -2.15. The molecule has 0 saturated heterocycles. The first-order valence-electron chi connectivity index (χ1n) is 6.77. The van der Waals surface area contributed by atoms with Crippen molar-refractivity contribution in [2.75, 3.05) is 0 Å². The van der Waals surface area contributed by atoms with Gasteiger partial charge >= 0.3 is 0 Å². The average Bonchev–Trinajstić information content (AvgIpc) is 2.92. The van der Waals surface area contributed by atoms with Crippen LogP contribution >= 0.6 is 0 Å². The minimum absolute atomic E-state index is 0.0628.